The largest absolute Gasteiger partial charge is 0.396 e. The number of carbonyl (C=O) groups is 1. The van der Waals surface area contributed by atoms with E-state index in [0.717, 1.165) is 11.5 Å². The molecule has 8 heteroatoms. The molecular formula is C8H10N6OS. The van der Waals surface area contributed by atoms with Gasteiger partial charge in [-0.1, -0.05) is 0 Å². The van der Waals surface area contributed by atoms with Gasteiger partial charge in [-0.25, -0.2) is 4.98 Å². The number of hydrogen-bond acceptors (Lipinski definition) is 6. The van der Waals surface area contributed by atoms with E-state index in [1.165, 1.54) is 10.9 Å². The van der Waals surface area contributed by atoms with Gasteiger partial charge < -0.3 is 5.73 Å². The fourth-order valence-electron chi connectivity index (χ4n) is 1.24. The normalized spacial score (nSPS) is 10.4. The molecule has 7 nitrogen and oxygen atoms in total. The summed E-state index contributed by atoms with van der Waals surface area (Å²) in [7, 11) is 1.65. The molecular weight excluding hydrogens is 228 g/mol. The summed E-state index contributed by atoms with van der Waals surface area (Å²) in [6.07, 6.45) is 1.43. The summed E-state index contributed by atoms with van der Waals surface area (Å²) in [4.78, 5) is 15.8. The highest BCUT2D eigenvalue weighted by Gasteiger charge is 2.16. The van der Waals surface area contributed by atoms with Crippen LogP contribution in [0.25, 0.3) is 0 Å². The minimum atomic E-state index is -0.339. The quantitative estimate of drug-likeness (QED) is 0.789. The fourth-order valence-corrected chi connectivity index (χ4v) is 1.81. The molecule has 0 aliphatic carbocycles. The maximum atomic E-state index is 11.8. The molecule has 2 rings (SSSR count). The maximum Gasteiger partial charge on any atom is 0.277 e. The van der Waals surface area contributed by atoms with E-state index in [2.05, 4.69) is 19.8 Å². The van der Waals surface area contributed by atoms with Crippen molar-refractivity contribution in [1.82, 2.24) is 19.1 Å². The fraction of sp³-hybridized carbons (Fsp3) is 0.250. The van der Waals surface area contributed by atoms with Crippen molar-refractivity contribution in [2.24, 2.45) is 7.05 Å². The van der Waals surface area contributed by atoms with Crippen molar-refractivity contribution in [2.45, 2.75) is 6.92 Å². The number of hydrogen-bond donors (Lipinski definition) is 2. The van der Waals surface area contributed by atoms with E-state index in [1.807, 2.05) is 0 Å². The van der Waals surface area contributed by atoms with E-state index in [9.17, 15) is 4.79 Å². The molecule has 1 amide bonds. The molecule has 0 radical (unpaired) electrons. The Bertz CT molecular complexity index is 511. The molecule has 0 atom stereocenters. The maximum absolute atomic E-state index is 11.8. The van der Waals surface area contributed by atoms with Crippen molar-refractivity contribution < 1.29 is 4.79 Å². The van der Waals surface area contributed by atoms with Gasteiger partial charge in [0.2, 0.25) is 5.13 Å². The lowest BCUT2D eigenvalue weighted by molar-refractivity contribution is 0.101. The molecule has 0 saturated heterocycles. The molecule has 0 aliphatic rings. The minimum absolute atomic E-state index is 0.313. The van der Waals surface area contributed by atoms with Crippen LogP contribution in [0.15, 0.2) is 6.20 Å². The molecule has 0 fully saturated rings. The number of rotatable bonds is 2. The third-order valence-electron chi connectivity index (χ3n) is 1.93. The van der Waals surface area contributed by atoms with Crippen LogP contribution in [-0.2, 0) is 7.05 Å². The van der Waals surface area contributed by atoms with Crippen LogP contribution in [0.5, 0.6) is 0 Å². The number of nitrogens with one attached hydrogen (secondary N) is 1. The second-order valence-electron chi connectivity index (χ2n) is 3.17. The third kappa shape index (κ3) is 1.87. The first kappa shape index (κ1) is 10.6. The average molecular weight is 238 g/mol. The van der Waals surface area contributed by atoms with E-state index in [4.69, 9.17) is 5.73 Å². The highest BCUT2D eigenvalue weighted by molar-refractivity contribution is 7.09. The molecule has 2 heterocycles. The number of nitrogens with zero attached hydrogens (tertiary/aromatic N) is 4. The number of nitrogens with two attached hydrogens (primary N) is 1. The molecule has 0 spiro atoms. The van der Waals surface area contributed by atoms with Crippen LogP contribution in [0, 0.1) is 6.92 Å². The topological polar surface area (TPSA) is 98.7 Å². The molecule has 3 N–H and O–H groups in total. The number of aryl methyl sites for hydroxylation is 2. The summed E-state index contributed by atoms with van der Waals surface area (Å²) < 4.78 is 5.37. The number of carbonyl (C=O) groups excluding carboxylic acids is 1. The first-order valence-electron chi connectivity index (χ1n) is 4.47. The SMILES string of the molecule is Cc1nsc(NC(=O)c2c(N)cnn2C)n1. The van der Waals surface area contributed by atoms with Crippen molar-refractivity contribution in [3.63, 3.8) is 0 Å². The first-order chi connectivity index (χ1) is 7.58. The average Bonchev–Trinajstić information content (AvgIpc) is 2.74. The van der Waals surface area contributed by atoms with E-state index in [1.54, 1.807) is 14.0 Å². The van der Waals surface area contributed by atoms with Gasteiger partial charge in [-0.3, -0.25) is 14.8 Å². The molecule has 0 saturated carbocycles. The van der Waals surface area contributed by atoms with Gasteiger partial charge in [0, 0.05) is 18.6 Å². The van der Waals surface area contributed by atoms with E-state index in [-0.39, 0.29) is 5.91 Å². The molecule has 2 aromatic heterocycles. The van der Waals surface area contributed by atoms with E-state index < -0.39 is 0 Å². The van der Waals surface area contributed by atoms with Crippen molar-refractivity contribution >= 4 is 28.3 Å². The van der Waals surface area contributed by atoms with Gasteiger partial charge in [0.15, 0.2) is 0 Å². The summed E-state index contributed by atoms with van der Waals surface area (Å²) in [6, 6.07) is 0. The number of amides is 1. The number of aromatic nitrogens is 4. The highest BCUT2D eigenvalue weighted by Crippen LogP contribution is 2.14. The van der Waals surface area contributed by atoms with Crippen LogP contribution < -0.4 is 11.1 Å². The summed E-state index contributed by atoms with van der Waals surface area (Å²) >= 11 is 1.12. The Hall–Kier alpha value is -1.96. The van der Waals surface area contributed by atoms with Crippen molar-refractivity contribution in [1.29, 1.82) is 0 Å². The summed E-state index contributed by atoms with van der Waals surface area (Å²) in [5.41, 5.74) is 6.27. The predicted molar refractivity (Wildman–Crippen MR) is 60.2 cm³/mol. The Morgan fingerprint density at radius 3 is 2.88 bits per heavy atom. The molecule has 0 unspecified atom stereocenters. The Kier molecular flexibility index (Phi) is 2.57. The van der Waals surface area contributed by atoms with Crippen LogP contribution in [0.2, 0.25) is 0 Å². The Morgan fingerprint density at radius 1 is 1.62 bits per heavy atom. The Morgan fingerprint density at radius 2 is 2.38 bits per heavy atom. The van der Waals surface area contributed by atoms with E-state index >= 15 is 0 Å². The zero-order chi connectivity index (χ0) is 11.7. The second-order valence-corrected chi connectivity index (χ2v) is 3.92. The zero-order valence-electron chi connectivity index (χ0n) is 8.76. The lowest BCUT2D eigenvalue weighted by atomic mass is 10.3. The van der Waals surface area contributed by atoms with Crippen LogP contribution in [0.3, 0.4) is 0 Å². The Labute approximate surface area is 95.5 Å². The monoisotopic (exact) mass is 238 g/mol. The van der Waals surface area contributed by atoms with Crippen LogP contribution in [-0.4, -0.2) is 25.0 Å². The standard InChI is InChI=1S/C8H10N6OS/c1-4-11-8(16-13-4)12-7(15)6-5(9)3-10-14(6)2/h3H,9H2,1-2H3,(H,11,12,13,15). The third-order valence-corrected chi connectivity index (χ3v) is 2.65. The number of anilines is 2. The summed E-state index contributed by atoms with van der Waals surface area (Å²) in [5.74, 6) is 0.284. The summed E-state index contributed by atoms with van der Waals surface area (Å²) in [6.45, 7) is 1.75. The number of nitrogen functional groups attached to an aromatic ring is 1. The second kappa shape index (κ2) is 3.89. The van der Waals surface area contributed by atoms with Crippen LogP contribution in [0.1, 0.15) is 16.3 Å². The predicted octanol–water partition coefficient (Wildman–Crippen LogP) is 0.415. The molecule has 0 bridgehead atoms. The smallest absolute Gasteiger partial charge is 0.277 e. The Balaban J connectivity index is 2.21. The van der Waals surface area contributed by atoms with E-state index in [0.29, 0.717) is 22.3 Å². The van der Waals surface area contributed by atoms with Gasteiger partial charge in [0.25, 0.3) is 5.91 Å². The van der Waals surface area contributed by atoms with Gasteiger partial charge in [-0.2, -0.15) is 9.47 Å². The van der Waals surface area contributed by atoms with Gasteiger partial charge >= 0.3 is 0 Å². The molecule has 0 aliphatic heterocycles. The van der Waals surface area contributed by atoms with Gasteiger partial charge in [-0.05, 0) is 6.92 Å². The van der Waals surface area contributed by atoms with Gasteiger partial charge in [-0.15, -0.1) is 0 Å². The molecule has 84 valence electrons. The van der Waals surface area contributed by atoms with Crippen molar-refractivity contribution in [3.8, 4) is 0 Å². The first-order valence-corrected chi connectivity index (χ1v) is 5.24. The molecule has 16 heavy (non-hydrogen) atoms. The van der Waals surface area contributed by atoms with Crippen molar-refractivity contribution in [2.75, 3.05) is 11.1 Å². The highest BCUT2D eigenvalue weighted by atomic mass is 32.1. The molecule has 2 aromatic rings. The minimum Gasteiger partial charge on any atom is -0.396 e. The molecule has 0 aromatic carbocycles. The summed E-state index contributed by atoms with van der Waals surface area (Å²) in [5, 5.41) is 6.94. The van der Waals surface area contributed by atoms with Gasteiger partial charge in [0.1, 0.15) is 11.5 Å². The zero-order valence-corrected chi connectivity index (χ0v) is 9.58. The van der Waals surface area contributed by atoms with Crippen molar-refractivity contribution in [3.05, 3.63) is 17.7 Å². The van der Waals surface area contributed by atoms with Crippen LogP contribution in [0.4, 0.5) is 10.8 Å². The van der Waals surface area contributed by atoms with Crippen LogP contribution >= 0.6 is 11.5 Å². The van der Waals surface area contributed by atoms with Gasteiger partial charge in [0.05, 0.1) is 11.9 Å². The lowest BCUT2D eigenvalue weighted by Gasteiger charge is -2.02. The lowest BCUT2D eigenvalue weighted by Crippen LogP contribution is -2.17.